The Kier molecular flexibility index (Phi) is 2.77. The van der Waals surface area contributed by atoms with Gasteiger partial charge in [-0.2, -0.15) is 5.26 Å². The van der Waals surface area contributed by atoms with Gasteiger partial charge in [0.1, 0.15) is 17.5 Å². The van der Waals surface area contributed by atoms with Gasteiger partial charge in [-0.25, -0.2) is 4.98 Å². The fraction of sp³-hybridized carbons (Fsp3) is 0.0667. The fourth-order valence-electron chi connectivity index (χ4n) is 2.29. The lowest BCUT2D eigenvalue weighted by Crippen LogP contribution is -2.05. The molecule has 20 heavy (non-hydrogen) atoms. The van der Waals surface area contributed by atoms with Crippen molar-refractivity contribution in [2.45, 2.75) is 0 Å². The summed E-state index contributed by atoms with van der Waals surface area (Å²) < 4.78 is 7.10. The molecule has 3 aromatic rings. The summed E-state index contributed by atoms with van der Waals surface area (Å²) >= 11 is 0. The smallest absolute Gasteiger partial charge is 0.206 e. The van der Waals surface area contributed by atoms with Crippen molar-refractivity contribution in [3.8, 4) is 17.5 Å². The zero-order valence-corrected chi connectivity index (χ0v) is 10.9. The molecule has 0 atom stereocenters. The summed E-state index contributed by atoms with van der Waals surface area (Å²) in [5.74, 6) is 0.908. The molecule has 0 radical (unpaired) electrons. The van der Waals surface area contributed by atoms with Gasteiger partial charge in [-0.1, -0.05) is 18.2 Å². The Morgan fingerprint density at radius 1 is 1.20 bits per heavy atom. The lowest BCUT2D eigenvalue weighted by atomic mass is 10.1. The molecule has 5 heteroatoms. The highest BCUT2D eigenvalue weighted by Crippen LogP contribution is 2.31. The predicted molar refractivity (Wildman–Crippen MR) is 76.7 cm³/mol. The minimum atomic E-state index is 0.326. The zero-order valence-electron chi connectivity index (χ0n) is 10.9. The molecule has 3 rings (SSSR count). The monoisotopic (exact) mass is 264 g/mol. The number of hydrogen-bond donors (Lipinski definition) is 1. The minimum absolute atomic E-state index is 0.326. The zero-order chi connectivity index (χ0) is 14.1. The average Bonchev–Trinajstić information content (AvgIpc) is 2.81. The highest BCUT2D eigenvalue weighted by molar-refractivity contribution is 5.82. The number of imidazole rings is 1. The number of methoxy groups -OCH3 is 1. The van der Waals surface area contributed by atoms with Crippen LogP contribution in [0.3, 0.4) is 0 Å². The lowest BCUT2D eigenvalue weighted by molar-refractivity contribution is 0.413. The van der Waals surface area contributed by atoms with Crippen LogP contribution in [-0.4, -0.2) is 16.7 Å². The number of nitrogen functional groups attached to an aromatic ring is 1. The van der Waals surface area contributed by atoms with Gasteiger partial charge in [0, 0.05) is 0 Å². The van der Waals surface area contributed by atoms with E-state index in [1.54, 1.807) is 29.9 Å². The molecule has 1 aromatic heterocycles. The van der Waals surface area contributed by atoms with Gasteiger partial charge in [0.15, 0.2) is 0 Å². The first-order valence-corrected chi connectivity index (χ1v) is 6.06. The van der Waals surface area contributed by atoms with Crippen LogP contribution in [0.25, 0.3) is 16.7 Å². The summed E-state index contributed by atoms with van der Waals surface area (Å²) in [7, 11) is 1.56. The number of nitrogens with two attached hydrogens (primary N) is 1. The number of nitriles is 1. The highest BCUT2D eigenvalue weighted by atomic mass is 16.5. The molecule has 5 nitrogen and oxygen atoms in total. The van der Waals surface area contributed by atoms with Crippen molar-refractivity contribution >= 4 is 17.0 Å². The molecule has 2 aromatic carbocycles. The largest absolute Gasteiger partial charge is 0.495 e. The summed E-state index contributed by atoms with van der Waals surface area (Å²) in [5.41, 5.74) is 8.74. The second kappa shape index (κ2) is 4.59. The molecule has 1 heterocycles. The molecule has 0 unspecified atom stereocenters. The first-order chi connectivity index (χ1) is 9.76. The molecule has 0 spiro atoms. The van der Waals surface area contributed by atoms with Crippen molar-refractivity contribution in [3.05, 3.63) is 48.0 Å². The van der Waals surface area contributed by atoms with E-state index in [1.807, 2.05) is 24.3 Å². The van der Waals surface area contributed by atoms with Crippen LogP contribution >= 0.6 is 0 Å². The van der Waals surface area contributed by atoms with E-state index in [1.165, 1.54) is 0 Å². The average molecular weight is 264 g/mol. The highest BCUT2D eigenvalue weighted by Gasteiger charge is 2.17. The standard InChI is InChI=1S/C15H12N4O/c1-20-13-8-4-5-10(9-16)14(13)19-12-7-3-2-6-11(12)18-15(19)17/h2-8H,1H3,(H2,17,18). The molecule has 0 aliphatic rings. The second-order valence-electron chi connectivity index (χ2n) is 4.26. The Labute approximate surface area is 115 Å². The Morgan fingerprint density at radius 3 is 2.75 bits per heavy atom. The first-order valence-electron chi connectivity index (χ1n) is 6.06. The number of ether oxygens (including phenoxy) is 1. The maximum Gasteiger partial charge on any atom is 0.206 e. The van der Waals surface area contributed by atoms with Crippen molar-refractivity contribution in [1.29, 1.82) is 5.26 Å². The number of hydrogen-bond acceptors (Lipinski definition) is 4. The summed E-state index contributed by atoms with van der Waals surface area (Å²) in [4.78, 5) is 4.32. The summed E-state index contributed by atoms with van der Waals surface area (Å²) in [5, 5.41) is 9.32. The fourth-order valence-corrected chi connectivity index (χ4v) is 2.29. The molecule has 0 aliphatic heterocycles. The van der Waals surface area contributed by atoms with Gasteiger partial charge in [-0.3, -0.25) is 4.57 Å². The molecule has 98 valence electrons. The quantitative estimate of drug-likeness (QED) is 0.771. The third-order valence-electron chi connectivity index (χ3n) is 3.15. The minimum Gasteiger partial charge on any atom is -0.495 e. The van der Waals surface area contributed by atoms with E-state index in [-0.39, 0.29) is 0 Å². The van der Waals surface area contributed by atoms with Gasteiger partial charge in [0.2, 0.25) is 5.95 Å². The summed E-state index contributed by atoms with van der Waals surface area (Å²) in [6, 6.07) is 15.1. The van der Waals surface area contributed by atoms with Gasteiger partial charge < -0.3 is 10.5 Å². The molecule has 0 amide bonds. The third-order valence-corrected chi connectivity index (χ3v) is 3.15. The SMILES string of the molecule is COc1cccc(C#N)c1-n1c(N)nc2ccccc21. The lowest BCUT2D eigenvalue weighted by Gasteiger charge is -2.13. The number of rotatable bonds is 2. The predicted octanol–water partition coefficient (Wildman–Crippen LogP) is 2.49. The molecule has 0 aliphatic carbocycles. The Morgan fingerprint density at radius 2 is 2.00 bits per heavy atom. The Bertz CT molecular complexity index is 829. The normalized spacial score (nSPS) is 10.4. The van der Waals surface area contributed by atoms with E-state index in [4.69, 9.17) is 10.5 Å². The van der Waals surface area contributed by atoms with E-state index >= 15 is 0 Å². The molecule has 0 fully saturated rings. The van der Waals surface area contributed by atoms with Gasteiger partial charge in [-0.05, 0) is 24.3 Å². The maximum absolute atomic E-state index is 9.32. The van der Waals surface area contributed by atoms with Crippen molar-refractivity contribution in [3.63, 3.8) is 0 Å². The van der Waals surface area contributed by atoms with Crippen molar-refractivity contribution in [2.75, 3.05) is 12.8 Å². The Balaban J connectivity index is 2.43. The van der Waals surface area contributed by atoms with Crippen LogP contribution in [0.1, 0.15) is 5.56 Å². The van der Waals surface area contributed by atoms with Crippen LogP contribution in [0, 0.1) is 11.3 Å². The van der Waals surface area contributed by atoms with E-state index < -0.39 is 0 Å². The second-order valence-corrected chi connectivity index (χ2v) is 4.26. The molecular weight excluding hydrogens is 252 g/mol. The topological polar surface area (TPSA) is 76.9 Å². The van der Waals surface area contributed by atoms with Gasteiger partial charge in [0.05, 0.1) is 23.7 Å². The number of benzene rings is 2. The molecular formula is C15H12N4O. The summed E-state index contributed by atoms with van der Waals surface area (Å²) in [6.07, 6.45) is 0. The third kappa shape index (κ3) is 1.67. The Hall–Kier alpha value is -3.00. The maximum atomic E-state index is 9.32. The number of para-hydroxylation sites is 3. The van der Waals surface area contributed by atoms with Crippen LogP contribution in [0.4, 0.5) is 5.95 Å². The van der Waals surface area contributed by atoms with E-state index in [9.17, 15) is 5.26 Å². The molecule has 0 bridgehead atoms. The van der Waals surface area contributed by atoms with Crippen LogP contribution in [0.2, 0.25) is 0 Å². The van der Waals surface area contributed by atoms with Crippen LogP contribution < -0.4 is 10.5 Å². The van der Waals surface area contributed by atoms with Gasteiger partial charge in [-0.15, -0.1) is 0 Å². The van der Waals surface area contributed by atoms with Crippen LogP contribution in [0.5, 0.6) is 5.75 Å². The summed E-state index contributed by atoms with van der Waals surface area (Å²) in [6.45, 7) is 0. The molecule has 0 saturated heterocycles. The van der Waals surface area contributed by atoms with Crippen molar-refractivity contribution in [2.24, 2.45) is 0 Å². The van der Waals surface area contributed by atoms with Gasteiger partial charge in [0.25, 0.3) is 0 Å². The van der Waals surface area contributed by atoms with E-state index in [2.05, 4.69) is 11.1 Å². The number of aromatic nitrogens is 2. The van der Waals surface area contributed by atoms with Crippen LogP contribution in [-0.2, 0) is 0 Å². The van der Waals surface area contributed by atoms with E-state index in [0.717, 1.165) is 11.0 Å². The molecule has 0 saturated carbocycles. The van der Waals surface area contributed by atoms with Crippen LogP contribution in [0.15, 0.2) is 42.5 Å². The molecule has 2 N–H and O–H groups in total. The van der Waals surface area contributed by atoms with E-state index in [0.29, 0.717) is 22.9 Å². The van der Waals surface area contributed by atoms with Crippen molar-refractivity contribution in [1.82, 2.24) is 9.55 Å². The van der Waals surface area contributed by atoms with Crippen molar-refractivity contribution < 1.29 is 4.74 Å². The number of anilines is 1. The number of nitrogens with zero attached hydrogens (tertiary/aromatic N) is 3. The van der Waals surface area contributed by atoms with Gasteiger partial charge >= 0.3 is 0 Å². The number of fused-ring (bicyclic) bond motifs is 1. The first kappa shape index (κ1) is 12.1.